The minimum Gasteiger partial charge on any atom is -0.329 e. The number of benzene rings is 1. The number of hydrogen-bond donors (Lipinski definition) is 1. The molecule has 1 aromatic heterocycles. The van der Waals surface area contributed by atoms with Crippen LogP contribution in [-0.4, -0.2) is 15.6 Å². The maximum Gasteiger partial charge on any atom is 0.128 e. The summed E-state index contributed by atoms with van der Waals surface area (Å²) in [4.78, 5) is 4.29. The molecule has 96 valence electrons. The van der Waals surface area contributed by atoms with E-state index in [1.165, 1.54) is 6.07 Å². The Bertz CT molecular complexity index is 505. The van der Waals surface area contributed by atoms with Gasteiger partial charge < -0.3 is 9.88 Å². The lowest BCUT2D eigenvalue weighted by atomic mass is 10.2. The zero-order valence-electron chi connectivity index (χ0n) is 10.7. The molecule has 2 aromatic rings. The first-order valence-electron chi connectivity index (χ1n) is 6.13. The van der Waals surface area contributed by atoms with Gasteiger partial charge in [0.15, 0.2) is 0 Å². The molecule has 0 bridgehead atoms. The summed E-state index contributed by atoms with van der Waals surface area (Å²) < 4.78 is 15.5. The van der Waals surface area contributed by atoms with Crippen molar-refractivity contribution in [1.29, 1.82) is 0 Å². The Balaban J connectivity index is 2.10. The van der Waals surface area contributed by atoms with E-state index in [-0.39, 0.29) is 5.82 Å². The zero-order valence-corrected chi connectivity index (χ0v) is 10.7. The van der Waals surface area contributed by atoms with Gasteiger partial charge in [-0.25, -0.2) is 9.37 Å². The van der Waals surface area contributed by atoms with Gasteiger partial charge in [0.05, 0.1) is 13.1 Å². The fourth-order valence-electron chi connectivity index (χ4n) is 1.76. The number of nitrogens with one attached hydrogen (secondary N) is 1. The van der Waals surface area contributed by atoms with E-state index in [1.807, 2.05) is 16.8 Å². The quantitative estimate of drug-likeness (QED) is 0.880. The van der Waals surface area contributed by atoms with E-state index in [0.29, 0.717) is 24.7 Å². The molecular formula is C14H18FN3. The van der Waals surface area contributed by atoms with E-state index in [1.54, 1.807) is 18.3 Å². The second-order valence-corrected chi connectivity index (χ2v) is 4.60. The third-order valence-electron chi connectivity index (χ3n) is 2.77. The molecule has 0 amide bonds. The van der Waals surface area contributed by atoms with Gasteiger partial charge in [-0.05, 0) is 6.07 Å². The smallest absolute Gasteiger partial charge is 0.128 e. The average Bonchev–Trinajstić information content (AvgIpc) is 2.77. The van der Waals surface area contributed by atoms with E-state index in [9.17, 15) is 4.39 Å². The number of hydrogen-bond acceptors (Lipinski definition) is 2. The fraction of sp³-hybridized carbons (Fsp3) is 0.357. The molecular weight excluding hydrogens is 229 g/mol. The second kappa shape index (κ2) is 5.78. The Morgan fingerprint density at radius 1 is 1.33 bits per heavy atom. The maximum absolute atomic E-state index is 13.6. The van der Waals surface area contributed by atoms with Crippen molar-refractivity contribution in [3.63, 3.8) is 0 Å². The van der Waals surface area contributed by atoms with Crippen LogP contribution in [0.2, 0.25) is 0 Å². The molecule has 0 saturated carbocycles. The third kappa shape index (κ3) is 3.17. The summed E-state index contributed by atoms with van der Waals surface area (Å²) in [5.74, 6) is 0.751. The van der Waals surface area contributed by atoms with Gasteiger partial charge in [-0.1, -0.05) is 32.0 Å². The van der Waals surface area contributed by atoms with Gasteiger partial charge >= 0.3 is 0 Å². The van der Waals surface area contributed by atoms with Gasteiger partial charge in [0.25, 0.3) is 0 Å². The van der Waals surface area contributed by atoms with Gasteiger partial charge in [-0.3, -0.25) is 0 Å². The lowest BCUT2D eigenvalue weighted by Gasteiger charge is -2.11. The molecule has 0 aliphatic rings. The van der Waals surface area contributed by atoms with Crippen LogP contribution in [0.25, 0.3) is 0 Å². The van der Waals surface area contributed by atoms with E-state index in [0.717, 1.165) is 5.82 Å². The zero-order chi connectivity index (χ0) is 13.0. The standard InChI is InChI=1S/C14H18FN3/c1-11(2)17-9-14-16-7-8-18(14)10-12-5-3-4-6-13(12)15/h3-8,11,17H,9-10H2,1-2H3. The molecule has 0 fully saturated rings. The molecule has 1 heterocycles. The Labute approximate surface area is 107 Å². The van der Waals surface area contributed by atoms with E-state index in [2.05, 4.69) is 24.1 Å². The summed E-state index contributed by atoms with van der Waals surface area (Å²) >= 11 is 0. The highest BCUT2D eigenvalue weighted by molar-refractivity contribution is 5.18. The summed E-state index contributed by atoms with van der Waals surface area (Å²) in [6.07, 6.45) is 3.63. The first-order valence-corrected chi connectivity index (χ1v) is 6.13. The van der Waals surface area contributed by atoms with Gasteiger partial charge in [-0.15, -0.1) is 0 Å². The van der Waals surface area contributed by atoms with Crippen molar-refractivity contribution < 1.29 is 4.39 Å². The predicted molar refractivity (Wildman–Crippen MR) is 69.7 cm³/mol. The maximum atomic E-state index is 13.6. The second-order valence-electron chi connectivity index (χ2n) is 4.60. The van der Waals surface area contributed by atoms with Crippen LogP contribution in [0.5, 0.6) is 0 Å². The molecule has 0 aliphatic heterocycles. The van der Waals surface area contributed by atoms with Gasteiger partial charge in [0.1, 0.15) is 11.6 Å². The summed E-state index contributed by atoms with van der Waals surface area (Å²) in [6, 6.07) is 7.24. The SMILES string of the molecule is CC(C)NCc1nccn1Cc1ccccc1F. The molecule has 1 N–H and O–H groups in total. The van der Waals surface area contributed by atoms with Crippen molar-refractivity contribution in [3.05, 3.63) is 53.9 Å². The van der Waals surface area contributed by atoms with Crippen LogP contribution in [0.15, 0.2) is 36.7 Å². The van der Waals surface area contributed by atoms with Crippen LogP contribution >= 0.6 is 0 Å². The molecule has 0 unspecified atom stereocenters. The minimum absolute atomic E-state index is 0.172. The molecule has 18 heavy (non-hydrogen) atoms. The normalized spacial score (nSPS) is 11.1. The first-order chi connectivity index (χ1) is 8.66. The number of halogens is 1. The Morgan fingerprint density at radius 3 is 2.83 bits per heavy atom. The fourth-order valence-corrected chi connectivity index (χ4v) is 1.76. The Hall–Kier alpha value is -1.68. The lowest BCUT2D eigenvalue weighted by molar-refractivity contribution is 0.547. The largest absolute Gasteiger partial charge is 0.329 e. The summed E-state index contributed by atoms with van der Waals surface area (Å²) in [7, 11) is 0. The lowest BCUT2D eigenvalue weighted by Crippen LogP contribution is -2.24. The molecule has 4 heteroatoms. The van der Waals surface area contributed by atoms with Gasteiger partial charge in [0.2, 0.25) is 0 Å². The van der Waals surface area contributed by atoms with Gasteiger partial charge in [0, 0.05) is 24.0 Å². The van der Waals surface area contributed by atoms with E-state index >= 15 is 0 Å². The van der Waals surface area contributed by atoms with Crippen molar-refractivity contribution in [2.24, 2.45) is 0 Å². The average molecular weight is 247 g/mol. The van der Waals surface area contributed by atoms with Crippen molar-refractivity contribution in [1.82, 2.24) is 14.9 Å². The highest BCUT2D eigenvalue weighted by Crippen LogP contribution is 2.10. The highest BCUT2D eigenvalue weighted by Gasteiger charge is 2.06. The van der Waals surface area contributed by atoms with Crippen molar-refractivity contribution in [3.8, 4) is 0 Å². The topological polar surface area (TPSA) is 29.9 Å². The third-order valence-corrected chi connectivity index (χ3v) is 2.77. The van der Waals surface area contributed by atoms with Crippen molar-refractivity contribution in [2.75, 3.05) is 0 Å². The van der Waals surface area contributed by atoms with Crippen molar-refractivity contribution in [2.45, 2.75) is 33.0 Å². The Kier molecular flexibility index (Phi) is 4.10. The molecule has 3 nitrogen and oxygen atoms in total. The molecule has 0 radical (unpaired) electrons. The van der Waals surface area contributed by atoms with Crippen molar-refractivity contribution >= 4 is 0 Å². The number of aromatic nitrogens is 2. The van der Waals surface area contributed by atoms with Crippen LogP contribution in [0.3, 0.4) is 0 Å². The van der Waals surface area contributed by atoms with Gasteiger partial charge in [-0.2, -0.15) is 0 Å². The molecule has 0 aliphatic carbocycles. The summed E-state index contributed by atoms with van der Waals surface area (Å²) in [5.41, 5.74) is 0.682. The molecule has 1 aromatic carbocycles. The van der Waals surface area contributed by atoms with Crippen LogP contribution in [0, 0.1) is 5.82 Å². The van der Waals surface area contributed by atoms with E-state index < -0.39 is 0 Å². The van der Waals surface area contributed by atoms with E-state index in [4.69, 9.17) is 0 Å². The molecule has 0 atom stereocenters. The molecule has 0 spiro atoms. The summed E-state index contributed by atoms with van der Waals surface area (Å²) in [5, 5.41) is 3.31. The van der Waals surface area contributed by atoms with Crippen LogP contribution < -0.4 is 5.32 Å². The number of nitrogens with zero attached hydrogens (tertiary/aromatic N) is 2. The number of rotatable bonds is 5. The molecule has 2 rings (SSSR count). The molecule has 0 saturated heterocycles. The minimum atomic E-state index is -0.172. The predicted octanol–water partition coefficient (Wildman–Crippen LogP) is 2.57. The van der Waals surface area contributed by atoms with Crippen LogP contribution in [0.4, 0.5) is 4.39 Å². The Morgan fingerprint density at radius 2 is 2.11 bits per heavy atom. The first kappa shape index (κ1) is 12.8. The van der Waals surface area contributed by atoms with Crippen LogP contribution in [0.1, 0.15) is 25.2 Å². The summed E-state index contributed by atoms with van der Waals surface area (Å²) in [6.45, 7) is 5.38. The monoisotopic (exact) mass is 247 g/mol. The number of imidazole rings is 1. The highest BCUT2D eigenvalue weighted by atomic mass is 19.1. The van der Waals surface area contributed by atoms with Crippen LogP contribution in [-0.2, 0) is 13.1 Å².